The summed E-state index contributed by atoms with van der Waals surface area (Å²) in [5, 5.41) is 0. The van der Waals surface area contributed by atoms with E-state index < -0.39 is 6.10 Å². The van der Waals surface area contributed by atoms with Crippen LogP contribution in [0.5, 0.6) is 0 Å². The fraction of sp³-hybridized carbons (Fsp3) is 0.750. The van der Waals surface area contributed by atoms with Crippen molar-refractivity contribution in [2.24, 2.45) is 0 Å². The summed E-state index contributed by atoms with van der Waals surface area (Å²) >= 11 is 0. The molecule has 0 amide bonds. The lowest BCUT2D eigenvalue weighted by molar-refractivity contribution is -0.167. The lowest BCUT2D eigenvalue weighted by Crippen LogP contribution is -2.30. The van der Waals surface area contributed by atoms with Gasteiger partial charge in [0, 0.05) is 19.3 Å². The number of ether oxygens (including phenoxy) is 3. The molecule has 0 spiro atoms. The molecule has 472 valence electrons. The molecule has 82 heavy (non-hydrogen) atoms. The summed E-state index contributed by atoms with van der Waals surface area (Å²) in [5.41, 5.74) is 0. The van der Waals surface area contributed by atoms with Crippen molar-refractivity contribution in [3.05, 3.63) is 97.2 Å². The molecule has 6 nitrogen and oxygen atoms in total. The van der Waals surface area contributed by atoms with Gasteiger partial charge in [-0.25, -0.2) is 0 Å². The molecule has 0 aliphatic rings. The zero-order chi connectivity index (χ0) is 59.2. The van der Waals surface area contributed by atoms with Gasteiger partial charge in [-0.2, -0.15) is 0 Å². The minimum absolute atomic E-state index is 0.0767. The van der Waals surface area contributed by atoms with Gasteiger partial charge in [-0.15, -0.1) is 0 Å². The number of rotatable bonds is 64. The molecule has 6 heteroatoms. The highest BCUT2D eigenvalue weighted by Crippen LogP contribution is 2.18. The van der Waals surface area contributed by atoms with Crippen molar-refractivity contribution in [1.82, 2.24) is 0 Å². The fourth-order valence-electron chi connectivity index (χ4n) is 10.1. The predicted octanol–water partition coefficient (Wildman–Crippen LogP) is 24.4. The predicted molar refractivity (Wildman–Crippen MR) is 357 cm³/mol. The Morgan fingerprint density at radius 3 is 0.744 bits per heavy atom. The molecule has 0 fully saturated rings. The molecule has 0 saturated carbocycles. The molecule has 0 aliphatic carbocycles. The minimum Gasteiger partial charge on any atom is -0.462 e. The average Bonchev–Trinajstić information content (AvgIpc) is 3.48. The van der Waals surface area contributed by atoms with E-state index in [1.807, 2.05) is 0 Å². The van der Waals surface area contributed by atoms with Crippen LogP contribution in [0.3, 0.4) is 0 Å². The maximum atomic E-state index is 12.9. The quantitative estimate of drug-likeness (QED) is 0.0261. The highest BCUT2D eigenvalue weighted by atomic mass is 16.6. The average molecular weight is 1140 g/mol. The van der Waals surface area contributed by atoms with Gasteiger partial charge in [-0.05, 0) is 83.5 Å². The second-order valence-electron chi connectivity index (χ2n) is 23.4. The Morgan fingerprint density at radius 1 is 0.256 bits per heavy atom. The largest absolute Gasteiger partial charge is 0.462 e. The van der Waals surface area contributed by atoms with E-state index in [0.29, 0.717) is 19.3 Å². The van der Waals surface area contributed by atoms with Crippen LogP contribution in [0.1, 0.15) is 348 Å². The first-order valence-electron chi connectivity index (χ1n) is 35.2. The van der Waals surface area contributed by atoms with E-state index in [0.717, 1.165) is 122 Å². The lowest BCUT2D eigenvalue weighted by Gasteiger charge is -2.18. The first-order valence-corrected chi connectivity index (χ1v) is 35.2. The standard InChI is InChI=1S/C76H132O6/c1-4-7-10-13-16-19-22-25-28-31-32-33-34-35-36-37-38-39-40-41-42-43-44-46-48-51-54-57-60-63-66-69-75(78)81-72-73(71-80-74(77)68-65-62-59-56-53-50-47-30-27-24-21-18-15-12-9-6-3)82-76(79)70-67-64-61-58-55-52-49-45-29-26-23-20-17-14-11-8-5-2/h7,10,16,19,25,28,32-33,35-36,38-39,41-42,44,46,73H,4-6,8-9,11-15,17-18,20-24,26-27,29-31,34,37,40,43,45,47-72H2,1-3H3/b10-7-,19-16-,28-25-,33-32-,36-35-,39-38-,42-41-,46-44-. The van der Waals surface area contributed by atoms with Crippen molar-refractivity contribution < 1.29 is 28.6 Å². The molecule has 0 aromatic carbocycles. The van der Waals surface area contributed by atoms with Crippen LogP contribution in [-0.4, -0.2) is 37.2 Å². The number of hydrogen-bond acceptors (Lipinski definition) is 6. The first-order chi connectivity index (χ1) is 40.5. The van der Waals surface area contributed by atoms with Gasteiger partial charge in [0.1, 0.15) is 13.2 Å². The zero-order valence-electron chi connectivity index (χ0n) is 54.2. The normalized spacial score (nSPS) is 12.7. The Hall–Kier alpha value is -3.67. The lowest BCUT2D eigenvalue weighted by atomic mass is 10.0. The second kappa shape index (κ2) is 69.8. The van der Waals surface area contributed by atoms with Crippen LogP contribution in [0.2, 0.25) is 0 Å². The van der Waals surface area contributed by atoms with Gasteiger partial charge in [0.15, 0.2) is 6.10 Å². The van der Waals surface area contributed by atoms with Crippen LogP contribution < -0.4 is 0 Å². The third-order valence-electron chi connectivity index (χ3n) is 15.4. The maximum Gasteiger partial charge on any atom is 0.306 e. The van der Waals surface area contributed by atoms with Gasteiger partial charge >= 0.3 is 17.9 Å². The molecule has 0 radical (unpaired) electrons. The summed E-state index contributed by atoms with van der Waals surface area (Å²) in [6.07, 6.45) is 94.2. The molecule has 0 heterocycles. The summed E-state index contributed by atoms with van der Waals surface area (Å²) in [5.74, 6) is -0.872. The van der Waals surface area contributed by atoms with Gasteiger partial charge in [-0.1, -0.05) is 343 Å². The Balaban J connectivity index is 4.33. The van der Waals surface area contributed by atoms with Crippen molar-refractivity contribution in [2.75, 3.05) is 13.2 Å². The molecule has 0 aliphatic heterocycles. The minimum atomic E-state index is -0.782. The van der Waals surface area contributed by atoms with Crippen molar-refractivity contribution in [2.45, 2.75) is 354 Å². The Bertz CT molecular complexity index is 1590. The van der Waals surface area contributed by atoms with Crippen LogP contribution in [0, 0.1) is 0 Å². The topological polar surface area (TPSA) is 78.9 Å². The van der Waals surface area contributed by atoms with Crippen molar-refractivity contribution >= 4 is 17.9 Å². The molecule has 0 rings (SSSR count). The number of carbonyl (C=O) groups is 3. The molecule has 0 bridgehead atoms. The van der Waals surface area contributed by atoms with E-state index >= 15 is 0 Å². The third-order valence-corrected chi connectivity index (χ3v) is 15.4. The van der Waals surface area contributed by atoms with Crippen molar-refractivity contribution in [3.8, 4) is 0 Å². The van der Waals surface area contributed by atoms with E-state index in [9.17, 15) is 14.4 Å². The summed E-state index contributed by atoms with van der Waals surface area (Å²) in [6.45, 7) is 6.57. The molecule has 1 unspecified atom stereocenters. The van der Waals surface area contributed by atoms with Gasteiger partial charge < -0.3 is 14.2 Å². The van der Waals surface area contributed by atoms with Crippen LogP contribution in [0.25, 0.3) is 0 Å². The Morgan fingerprint density at radius 2 is 0.476 bits per heavy atom. The van der Waals surface area contributed by atoms with Gasteiger partial charge in [0.05, 0.1) is 0 Å². The van der Waals surface area contributed by atoms with Crippen LogP contribution in [0.15, 0.2) is 97.2 Å². The maximum absolute atomic E-state index is 12.9. The number of hydrogen-bond donors (Lipinski definition) is 0. The molecule has 0 N–H and O–H groups in total. The van der Waals surface area contributed by atoms with E-state index in [1.54, 1.807) is 0 Å². The van der Waals surface area contributed by atoms with E-state index in [1.165, 1.54) is 186 Å². The molecular formula is C76H132O6. The number of allylic oxidation sites excluding steroid dienone is 16. The van der Waals surface area contributed by atoms with Crippen LogP contribution in [0.4, 0.5) is 0 Å². The van der Waals surface area contributed by atoms with Gasteiger partial charge in [0.25, 0.3) is 0 Å². The highest BCUT2D eigenvalue weighted by Gasteiger charge is 2.19. The van der Waals surface area contributed by atoms with Crippen molar-refractivity contribution in [3.63, 3.8) is 0 Å². The molecule has 0 saturated heterocycles. The molecule has 0 aromatic rings. The van der Waals surface area contributed by atoms with Crippen molar-refractivity contribution in [1.29, 1.82) is 0 Å². The first kappa shape index (κ1) is 78.3. The number of unbranched alkanes of at least 4 members (excludes halogenated alkanes) is 37. The van der Waals surface area contributed by atoms with Crippen LogP contribution >= 0.6 is 0 Å². The van der Waals surface area contributed by atoms with E-state index in [-0.39, 0.29) is 31.1 Å². The number of esters is 3. The summed E-state index contributed by atoms with van der Waals surface area (Å²) < 4.78 is 17.0. The van der Waals surface area contributed by atoms with E-state index in [2.05, 4.69) is 118 Å². The molecular weight excluding hydrogens is 1010 g/mol. The third kappa shape index (κ3) is 67.1. The monoisotopic (exact) mass is 1140 g/mol. The van der Waals surface area contributed by atoms with Gasteiger partial charge in [0.2, 0.25) is 0 Å². The van der Waals surface area contributed by atoms with Gasteiger partial charge in [-0.3, -0.25) is 14.4 Å². The SMILES string of the molecule is CC/C=C\C/C=C\C/C=C\C/C=C\C/C=C\C/C=C\C/C=C\C/C=C\CCCCCCCCC(=O)OCC(COC(=O)CCCCCCCCCCCCCCCCCC)OC(=O)CCCCCCCCCCCCCCCCCCC. The smallest absolute Gasteiger partial charge is 0.306 e. The second-order valence-corrected chi connectivity index (χ2v) is 23.4. The molecule has 1 atom stereocenters. The summed E-state index contributed by atoms with van der Waals surface area (Å²) in [7, 11) is 0. The highest BCUT2D eigenvalue weighted by molar-refractivity contribution is 5.71. The zero-order valence-corrected chi connectivity index (χ0v) is 54.2. The summed E-state index contributed by atoms with van der Waals surface area (Å²) in [6, 6.07) is 0. The van der Waals surface area contributed by atoms with Crippen LogP contribution in [-0.2, 0) is 28.6 Å². The summed E-state index contributed by atoms with van der Waals surface area (Å²) in [4.78, 5) is 38.4. The van der Waals surface area contributed by atoms with E-state index in [4.69, 9.17) is 14.2 Å². The Labute approximate surface area is 508 Å². The Kier molecular flexibility index (Phi) is 66.7. The number of carbonyl (C=O) groups excluding carboxylic acids is 3. The molecule has 0 aromatic heterocycles. The fourth-order valence-corrected chi connectivity index (χ4v) is 10.1.